The highest BCUT2D eigenvalue weighted by Crippen LogP contribution is 2.39. The van der Waals surface area contributed by atoms with E-state index in [0.29, 0.717) is 11.8 Å². The molecule has 2 aromatic heterocycles. The lowest BCUT2D eigenvalue weighted by Gasteiger charge is -2.24. The Labute approximate surface area is 143 Å². The molecule has 1 saturated heterocycles. The topological polar surface area (TPSA) is 69.7 Å². The van der Waals surface area contributed by atoms with Gasteiger partial charge < -0.3 is 10.2 Å². The SMILES string of the molecule is Cc1nc(C2CCNCC2)cc(N(C)Cc2cc(C3CC3)n[nH]2)n1. The summed E-state index contributed by atoms with van der Waals surface area (Å²) in [5.41, 5.74) is 3.56. The summed E-state index contributed by atoms with van der Waals surface area (Å²) in [5, 5.41) is 11.0. The number of anilines is 1. The van der Waals surface area contributed by atoms with Crippen LogP contribution in [0.15, 0.2) is 12.1 Å². The molecule has 0 amide bonds. The molecule has 128 valence electrons. The lowest BCUT2D eigenvalue weighted by atomic mass is 9.94. The first kappa shape index (κ1) is 15.6. The van der Waals surface area contributed by atoms with Crippen LogP contribution in [0.25, 0.3) is 0 Å². The van der Waals surface area contributed by atoms with Gasteiger partial charge in [0.15, 0.2) is 0 Å². The first-order valence-electron chi connectivity index (χ1n) is 9.00. The van der Waals surface area contributed by atoms with Crippen molar-refractivity contribution >= 4 is 5.82 Å². The van der Waals surface area contributed by atoms with Crippen LogP contribution in [0.1, 0.15) is 60.4 Å². The van der Waals surface area contributed by atoms with E-state index in [1.54, 1.807) is 0 Å². The van der Waals surface area contributed by atoms with Crippen molar-refractivity contribution in [2.75, 3.05) is 25.0 Å². The average molecular weight is 326 g/mol. The van der Waals surface area contributed by atoms with Crippen LogP contribution >= 0.6 is 0 Å². The minimum Gasteiger partial charge on any atom is -0.354 e. The second-order valence-corrected chi connectivity index (χ2v) is 7.17. The zero-order valence-corrected chi connectivity index (χ0v) is 14.5. The lowest BCUT2D eigenvalue weighted by molar-refractivity contribution is 0.452. The van der Waals surface area contributed by atoms with E-state index in [4.69, 9.17) is 4.98 Å². The first-order chi connectivity index (χ1) is 11.7. The molecule has 2 aliphatic rings. The number of hydrogen-bond donors (Lipinski definition) is 2. The molecule has 2 aromatic rings. The number of aromatic amines is 1. The van der Waals surface area contributed by atoms with Gasteiger partial charge in [-0.1, -0.05) is 0 Å². The van der Waals surface area contributed by atoms with Crippen LogP contribution in [0, 0.1) is 6.92 Å². The highest BCUT2D eigenvalue weighted by atomic mass is 15.2. The number of piperidine rings is 1. The standard InChI is InChI=1S/C18H26N6/c1-12-20-16(14-5-7-19-8-6-14)10-18(21-12)24(2)11-15-9-17(23-22-15)13-3-4-13/h9-10,13-14,19H,3-8,11H2,1-2H3,(H,22,23). The van der Waals surface area contributed by atoms with E-state index in [1.807, 2.05) is 6.92 Å². The Morgan fingerprint density at radius 3 is 2.54 bits per heavy atom. The predicted octanol–water partition coefficient (Wildman–Crippen LogP) is 2.49. The Morgan fingerprint density at radius 2 is 1.79 bits per heavy atom. The third kappa shape index (κ3) is 3.43. The molecule has 0 unspecified atom stereocenters. The van der Waals surface area contributed by atoms with Crippen molar-refractivity contribution < 1.29 is 0 Å². The Balaban J connectivity index is 1.49. The minimum atomic E-state index is 0.550. The van der Waals surface area contributed by atoms with E-state index in [9.17, 15) is 0 Å². The molecule has 6 heteroatoms. The molecule has 2 N–H and O–H groups in total. The van der Waals surface area contributed by atoms with Crippen LogP contribution in [0.2, 0.25) is 0 Å². The molecular weight excluding hydrogens is 300 g/mol. The van der Waals surface area contributed by atoms with Crippen molar-refractivity contribution in [1.29, 1.82) is 0 Å². The number of nitrogens with zero attached hydrogens (tertiary/aromatic N) is 4. The third-order valence-electron chi connectivity index (χ3n) is 5.05. The van der Waals surface area contributed by atoms with Crippen LogP contribution < -0.4 is 10.2 Å². The summed E-state index contributed by atoms with van der Waals surface area (Å²) >= 11 is 0. The molecule has 0 radical (unpaired) electrons. The summed E-state index contributed by atoms with van der Waals surface area (Å²) in [5.74, 6) is 3.09. The van der Waals surface area contributed by atoms with Crippen LogP contribution in [0.3, 0.4) is 0 Å². The number of aryl methyl sites for hydroxylation is 1. The van der Waals surface area contributed by atoms with Gasteiger partial charge in [0.1, 0.15) is 11.6 Å². The zero-order valence-electron chi connectivity index (χ0n) is 14.5. The number of hydrogen-bond acceptors (Lipinski definition) is 5. The van der Waals surface area contributed by atoms with Crippen molar-refractivity contribution in [2.45, 2.75) is 51.0 Å². The molecular formula is C18H26N6. The first-order valence-corrected chi connectivity index (χ1v) is 9.00. The summed E-state index contributed by atoms with van der Waals surface area (Å²) in [6.45, 7) is 4.94. The molecule has 1 aliphatic carbocycles. The van der Waals surface area contributed by atoms with Crippen molar-refractivity contribution in [1.82, 2.24) is 25.5 Å². The molecule has 2 fully saturated rings. The van der Waals surface area contributed by atoms with E-state index in [2.05, 4.69) is 44.6 Å². The largest absolute Gasteiger partial charge is 0.354 e. The van der Waals surface area contributed by atoms with Crippen LogP contribution in [0.5, 0.6) is 0 Å². The van der Waals surface area contributed by atoms with E-state index < -0.39 is 0 Å². The van der Waals surface area contributed by atoms with Gasteiger partial charge in [0.2, 0.25) is 0 Å². The van der Waals surface area contributed by atoms with Gasteiger partial charge in [-0.15, -0.1) is 0 Å². The molecule has 0 spiro atoms. The van der Waals surface area contributed by atoms with Gasteiger partial charge in [0.05, 0.1) is 17.9 Å². The molecule has 6 nitrogen and oxygen atoms in total. The van der Waals surface area contributed by atoms with Crippen molar-refractivity contribution in [2.24, 2.45) is 0 Å². The highest BCUT2D eigenvalue weighted by molar-refractivity contribution is 5.40. The maximum absolute atomic E-state index is 4.70. The summed E-state index contributed by atoms with van der Waals surface area (Å²) in [6, 6.07) is 4.37. The predicted molar refractivity (Wildman–Crippen MR) is 94.3 cm³/mol. The molecule has 1 aliphatic heterocycles. The van der Waals surface area contributed by atoms with Crippen molar-refractivity contribution in [3.63, 3.8) is 0 Å². The fourth-order valence-electron chi connectivity index (χ4n) is 3.48. The van der Waals surface area contributed by atoms with E-state index in [0.717, 1.165) is 49.8 Å². The van der Waals surface area contributed by atoms with E-state index in [1.165, 1.54) is 24.2 Å². The summed E-state index contributed by atoms with van der Waals surface area (Å²) in [6.07, 6.45) is 4.88. The molecule has 3 heterocycles. The fraction of sp³-hybridized carbons (Fsp3) is 0.611. The van der Waals surface area contributed by atoms with Gasteiger partial charge in [-0.2, -0.15) is 5.10 Å². The van der Waals surface area contributed by atoms with Crippen molar-refractivity contribution in [3.8, 4) is 0 Å². The second kappa shape index (κ2) is 6.51. The van der Waals surface area contributed by atoms with Gasteiger partial charge in [0, 0.05) is 30.6 Å². The van der Waals surface area contributed by atoms with Gasteiger partial charge >= 0.3 is 0 Å². The van der Waals surface area contributed by atoms with Gasteiger partial charge in [-0.3, -0.25) is 5.10 Å². The third-order valence-corrected chi connectivity index (χ3v) is 5.05. The number of aromatic nitrogens is 4. The molecule has 0 aromatic carbocycles. The minimum absolute atomic E-state index is 0.550. The van der Waals surface area contributed by atoms with Crippen LogP contribution in [-0.4, -0.2) is 40.3 Å². The molecule has 1 saturated carbocycles. The van der Waals surface area contributed by atoms with Crippen molar-refractivity contribution in [3.05, 3.63) is 35.0 Å². The summed E-state index contributed by atoms with van der Waals surface area (Å²) in [4.78, 5) is 11.5. The Morgan fingerprint density at radius 1 is 1.04 bits per heavy atom. The maximum Gasteiger partial charge on any atom is 0.132 e. The fourth-order valence-corrected chi connectivity index (χ4v) is 3.48. The lowest BCUT2D eigenvalue weighted by Crippen LogP contribution is -2.27. The number of nitrogens with one attached hydrogen (secondary N) is 2. The van der Waals surface area contributed by atoms with Crippen LogP contribution in [0.4, 0.5) is 5.82 Å². The second-order valence-electron chi connectivity index (χ2n) is 7.17. The molecule has 4 rings (SSSR count). The monoisotopic (exact) mass is 326 g/mol. The Bertz CT molecular complexity index is 699. The number of H-pyrrole nitrogens is 1. The normalized spacial score (nSPS) is 18.8. The molecule has 0 atom stereocenters. The highest BCUT2D eigenvalue weighted by Gasteiger charge is 2.26. The quantitative estimate of drug-likeness (QED) is 0.883. The summed E-state index contributed by atoms with van der Waals surface area (Å²) in [7, 11) is 2.09. The van der Waals surface area contributed by atoms with E-state index in [-0.39, 0.29) is 0 Å². The summed E-state index contributed by atoms with van der Waals surface area (Å²) < 4.78 is 0. The zero-order chi connectivity index (χ0) is 16.5. The van der Waals surface area contributed by atoms with Crippen LogP contribution in [-0.2, 0) is 6.54 Å². The maximum atomic E-state index is 4.70. The molecule has 0 bridgehead atoms. The smallest absolute Gasteiger partial charge is 0.132 e. The number of rotatable bonds is 5. The Kier molecular flexibility index (Phi) is 4.22. The molecule has 24 heavy (non-hydrogen) atoms. The van der Waals surface area contributed by atoms with Gasteiger partial charge in [-0.25, -0.2) is 9.97 Å². The van der Waals surface area contributed by atoms with Gasteiger partial charge in [-0.05, 0) is 51.8 Å². The van der Waals surface area contributed by atoms with E-state index >= 15 is 0 Å². The Hall–Kier alpha value is -1.95. The average Bonchev–Trinajstić information content (AvgIpc) is 3.35. The van der Waals surface area contributed by atoms with Gasteiger partial charge in [0.25, 0.3) is 0 Å².